The van der Waals surface area contributed by atoms with E-state index in [0.717, 1.165) is 36.2 Å². The van der Waals surface area contributed by atoms with E-state index in [1.807, 2.05) is 18.2 Å². The lowest BCUT2D eigenvalue weighted by Gasteiger charge is -2.13. The fourth-order valence-electron chi connectivity index (χ4n) is 3.25. The molecule has 1 heterocycles. The predicted octanol–water partition coefficient (Wildman–Crippen LogP) is 2.38. The molecule has 1 saturated heterocycles. The summed E-state index contributed by atoms with van der Waals surface area (Å²) in [6.45, 7) is 3.19. The van der Waals surface area contributed by atoms with Crippen molar-refractivity contribution in [1.29, 1.82) is 0 Å². The van der Waals surface area contributed by atoms with Gasteiger partial charge in [0.15, 0.2) is 0 Å². The molecule has 108 valence electrons. The minimum Gasteiger partial charge on any atom is -0.496 e. The number of hydrogen-bond donors (Lipinski definition) is 1. The second-order valence-electron chi connectivity index (χ2n) is 6.03. The van der Waals surface area contributed by atoms with Crippen molar-refractivity contribution in [1.82, 2.24) is 4.90 Å². The Balaban J connectivity index is 1.55. The van der Waals surface area contributed by atoms with Crippen LogP contribution in [0.4, 0.5) is 0 Å². The first-order valence-electron chi connectivity index (χ1n) is 7.55. The number of para-hydroxylation sites is 1. The molecule has 2 atom stereocenters. The van der Waals surface area contributed by atoms with Crippen LogP contribution in [-0.2, 0) is 0 Å². The fraction of sp³-hybridized carbons (Fsp3) is 0.529. The summed E-state index contributed by atoms with van der Waals surface area (Å²) in [5.41, 5.74) is 7.39. The topological polar surface area (TPSA) is 38.5 Å². The predicted molar refractivity (Wildman–Crippen MR) is 82.7 cm³/mol. The summed E-state index contributed by atoms with van der Waals surface area (Å²) in [7, 11) is 1.71. The van der Waals surface area contributed by atoms with Crippen LogP contribution >= 0.6 is 0 Å². The number of nitrogens with two attached hydrogens (primary N) is 1. The monoisotopic (exact) mass is 272 g/mol. The van der Waals surface area contributed by atoms with Gasteiger partial charge in [0.1, 0.15) is 5.75 Å². The third-order valence-corrected chi connectivity index (χ3v) is 4.52. The average Bonchev–Trinajstić information content (AvgIpc) is 3.23. The maximum Gasteiger partial charge on any atom is 0.126 e. The van der Waals surface area contributed by atoms with Gasteiger partial charge in [0.05, 0.1) is 7.11 Å². The molecule has 0 radical (unpaired) electrons. The van der Waals surface area contributed by atoms with Crippen LogP contribution in [0.15, 0.2) is 30.3 Å². The normalized spacial score (nSPS) is 27.3. The van der Waals surface area contributed by atoms with E-state index in [4.69, 9.17) is 10.5 Å². The third-order valence-electron chi connectivity index (χ3n) is 4.52. The fourth-order valence-corrected chi connectivity index (χ4v) is 3.25. The van der Waals surface area contributed by atoms with Gasteiger partial charge in [0.25, 0.3) is 0 Å². The van der Waals surface area contributed by atoms with Crippen LogP contribution < -0.4 is 10.5 Å². The molecule has 1 aliphatic heterocycles. The number of nitrogens with zero attached hydrogens (tertiary/aromatic N) is 1. The summed E-state index contributed by atoms with van der Waals surface area (Å²) in [4.78, 5) is 2.47. The highest BCUT2D eigenvalue weighted by Crippen LogP contribution is 2.40. The summed E-state index contributed by atoms with van der Waals surface area (Å²) in [5, 5.41) is 0. The van der Waals surface area contributed by atoms with Crippen LogP contribution in [0.2, 0.25) is 0 Å². The van der Waals surface area contributed by atoms with E-state index >= 15 is 0 Å². The lowest BCUT2D eigenvalue weighted by molar-refractivity contribution is 0.349. The molecule has 0 unspecified atom stereocenters. The Kier molecular flexibility index (Phi) is 4.08. The van der Waals surface area contributed by atoms with Gasteiger partial charge in [-0.15, -0.1) is 0 Å². The first-order chi connectivity index (χ1) is 9.78. The molecule has 1 saturated carbocycles. The number of hydrogen-bond acceptors (Lipinski definition) is 3. The maximum atomic E-state index is 6.25. The van der Waals surface area contributed by atoms with Crippen molar-refractivity contribution in [3.05, 3.63) is 35.9 Å². The molecule has 2 aliphatic rings. The quantitative estimate of drug-likeness (QED) is 0.894. The average molecular weight is 272 g/mol. The van der Waals surface area contributed by atoms with Gasteiger partial charge in [0, 0.05) is 31.2 Å². The molecule has 0 spiro atoms. The lowest BCUT2D eigenvalue weighted by atomic mass is 9.99. The molecule has 1 aliphatic carbocycles. The van der Waals surface area contributed by atoms with Gasteiger partial charge in [-0.25, -0.2) is 0 Å². The van der Waals surface area contributed by atoms with Gasteiger partial charge in [-0.05, 0) is 30.7 Å². The molecule has 1 aromatic carbocycles. The zero-order valence-corrected chi connectivity index (χ0v) is 12.2. The van der Waals surface area contributed by atoms with E-state index in [0.29, 0.717) is 6.04 Å². The Labute approximate surface area is 121 Å². The molecular formula is C17H24N2O. The van der Waals surface area contributed by atoms with E-state index in [1.165, 1.54) is 19.4 Å². The van der Waals surface area contributed by atoms with Crippen LogP contribution in [0.5, 0.6) is 5.75 Å². The minimum absolute atomic E-state index is 0.377. The largest absolute Gasteiger partial charge is 0.496 e. The lowest BCUT2D eigenvalue weighted by Crippen LogP contribution is -2.30. The molecule has 3 heteroatoms. The molecular weight excluding hydrogens is 248 g/mol. The van der Waals surface area contributed by atoms with Crippen molar-refractivity contribution in [2.24, 2.45) is 17.6 Å². The van der Waals surface area contributed by atoms with E-state index in [1.54, 1.807) is 7.11 Å². The molecule has 0 bridgehead atoms. The first kappa shape index (κ1) is 13.7. The Morgan fingerprint density at radius 3 is 2.85 bits per heavy atom. The maximum absolute atomic E-state index is 6.25. The molecule has 0 aromatic heterocycles. The summed E-state index contributed by atoms with van der Waals surface area (Å²) in [6.07, 6.45) is 7.15. The van der Waals surface area contributed by atoms with Crippen molar-refractivity contribution < 1.29 is 4.74 Å². The highest BCUT2D eigenvalue weighted by Gasteiger charge is 2.40. The number of likely N-dealkylation sites (tertiary alicyclic amines) is 1. The SMILES string of the molecule is COc1ccccc1/C=C/CN1C[C@@H](N)[C@H](C2CC2)C1. The molecule has 2 fully saturated rings. The van der Waals surface area contributed by atoms with Crippen LogP contribution in [0, 0.1) is 11.8 Å². The number of rotatable bonds is 5. The molecule has 0 amide bonds. The Morgan fingerprint density at radius 1 is 1.30 bits per heavy atom. The van der Waals surface area contributed by atoms with Gasteiger partial charge < -0.3 is 10.5 Å². The van der Waals surface area contributed by atoms with Gasteiger partial charge in [-0.3, -0.25) is 4.90 Å². The van der Waals surface area contributed by atoms with Crippen molar-refractivity contribution in [3.63, 3.8) is 0 Å². The Morgan fingerprint density at radius 2 is 2.10 bits per heavy atom. The highest BCUT2D eigenvalue weighted by atomic mass is 16.5. The second kappa shape index (κ2) is 5.98. The summed E-state index contributed by atoms with van der Waals surface area (Å²) >= 11 is 0. The van der Waals surface area contributed by atoms with Crippen molar-refractivity contribution in [2.75, 3.05) is 26.7 Å². The molecule has 20 heavy (non-hydrogen) atoms. The van der Waals surface area contributed by atoms with Gasteiger partial charge in [-0.1, -0.05) is 30.4 Å². The van der Waals surface area contributed by atoms with Gasteiger partial charge in [-0.2, -0.15) is 0 Å². The van der Waals surface area contributed by atoms with Crippen LogP contribution in [0.1, 0.15) is 18.4 Å². The second-order valence-corrected chi connectivity index (χ2v) is 6.03. The van der Waals surface area contributed by atoms with Crippen LogP contribution in [0.3, 0.4) is 0 Å². The number of ether oxygens (including phenoxy) is 1. The number of benzene rings is 1. The minimum atomic E-state index is 0.377. The van der Waals surface area contributed by atoms with Gasteiger partial charge in [0.2, 0.25) is 0 Å². The van der Waals surface area contributed by atoms with Gasteiger partial charge >= 0.3 is 0 Å². The molecule has 3 rings (SSSR count). The number of methoxy groups -OCH3 is 1. The zero-order chi connectivity index (χ0) is 13.9. The van der Waals surface area contributed by atoms with Crippen molar-refractivity contribution in [3.8, 4) is 5.75 Å². The molecule has 1 aromatic rings. The van der Waals surface area contributed by atoms with E-state index in [-0.39, 0.29) is 0 Å². The van der Waals surface area contributed by atoms with Crippen molar-refractivity contribution >= 4 is 6.08 Å². The zero-order valence-electron chi connectivity index (χ0n) is 12.2. The van der Waals surface area contributed by atoms with Crippen molar-refractivity contribution in [2.45, 2.75) is 18.9 Å². The summed E-state index contributed by atoms with van der Waals surface area (Å²) in [6, 6.07) is 8.49. The van der Waals surface area contributed by atoms with E-state index in [2.05, 4.69) is 23.1 Å². The van der Waals surface area contributed by atoms with Crippen LogP contribution in [-0.4, -0.2) is 37.7 Å². The molecule has 2 N–H and O–H groups in total. The highest BCUT2D eigenvalue weighted by molar-refractivity contribution is 5.57. The standard InChI is InChI=1S/C17H24N2O/c1-20-17-7-3-2-5-14(17)6-4-10-19-11-15(13-8-9-13)16(18)12-19/h2-7,13,15-16H,8-12,18H2,1H3/b6-4+/t15-,16+/m0/s1. The summed E-state index contributed by atoms with van der Waals surface area (Å²) < 4.78 is 5.36. The van der Waals surface area contributed by atoms with Crippen LogP contribution in [0.25, 0.3) is 6.08 Å². The van der Waals surface area contributed by atoms with E-state index in [9.17, 15) is 0 Å². The Hall–Kier alpha value is -1.32. The first-order valence-corrected chi connectivity index (χ1v) is 7.55. The van der Waals surface area contributed by atoms with E-state index < -0.39 is 0 Å². The molecule has 3 nitrogen and oxygen atoms in total. The third kappa shape index (κ3) is 3.05. The summed E-state index contributed by atoms with van der Waals surface area (Å²) in [5.74, 6) is 2.57. The Bertz CT molecular complexity index is 482. The smallest absolute Gasteiger partial charge is 0.126 e.